The lowest BCUT2D eigenvalue weighted by atomic mass is 9.97. The van der Waals surface area contributed by atoms with Crippen LogP contribution < -0.4 is 9.47 Å². The average molecular weight is 511 g/mol. The van der Waals surface area contributed by atoms with E-state index in [1.807, 2.05) is 42.5 Å². The number of hydrogen-bond acceptors (Lipinski definition) is 2. The second-order valence-corrected chi connectivity index (χ2v) is 9.05. The Bertz CT molecular complexity index is 1320. The molecule has 194 valence electrons. The molecule has 0 aliphatic heterocycles. The molecule has 0 amide bonds. The zero-order chi connectivity index (χ0) is 26.2. The van der Waals surface area contributed by atoms with Crippen molar-refractivity contribution in [2.24, 2.45) is 0 Å². The summed E-state index contributed by atoms with van der Waals surface area (Å²) in [5, 5.41) is 1.30. The van der Waals surface area contributed by atoms with Crippen molar-refractivity contribution in [3.63, 3.8) is 0 Å². The predicted molar refractivity (Wildman–Crippen MR) is 139 cm³/mol. The van der Waals surface area contributed by atoms with E-state index in [2.05, 4.69) is 11.7 Å². The van der Waals surface area contributed by atoms with Gasteiger partial charge in [0, 0.05) is 5.39 Å². The molecule has 0 unspecified atom stereocenters. The molecule has 0 N–H and O–H groups in total. The zero-order valence-electron chi connectivity index (χ0n) is 20.8. The van der Waals surface area contributed by atoms with Crippen molar-refractivity contribution in [2.75, 3.05) is 6.61 Å². The van der Waals surface area contributed by atoms with Crippen LogP contribution in [0.3, 0.4) is 0 Å². The fourth-order valence-electron chi connectivity index (χ4n) is 4.34. The molecule has 4 aromatic rings. The highest BCUT2D eigenvalue weighted by Gasteiger charge is 2.12. The SMILES string of the molecule is CCCCCCOc1ccc(-c2ccc3c(F)c(CCc4ccc(OC(F)F)c(F)c4)ccc3c2)cc1. The first-order chi connectivity index (χ1) is 17.9. The number of halogens is 4. The Hall–Kier alpha value is -3.54. The molecule has 6 heteroatoms. The molecule has 0 aromatic heterocycles. The number of alkyl halides is 2. The van der Waals surface area contributed by atoms with Crippen LogP contribution in [-0.2, 0) is 12.8 Å². The molecule has 0 aliphatic carbocycles. The van der Waals surface area contributed by atoms with Gasteiger partial charge in [-0.2, -0.15) is 8.78 Å². The van der Waals surface area contributed by atoms with Gasteiger partial charge in [-0.1, -0.05) is 68.7 Å². The molecule has 0 atom stereocenters. The Morgan fingerprint density at radius 3 is 2.27 bits per heavy atom. The maximum Gasteiger partial charge on any atom is 0.387 e. The monoisotopic (exact) mass is 510 g/mol. The highest BCUT2D eigenvalue weighted by atomic mass is 19.3. The largest absolute Gasteiger partial charge is 0.494 e. The minimum atomic E-state index is -3.09. The number of rotatable bonds is 12. The third kappa shape index (κ3) is 7.03. The van der Waals surface area contributed by atoms with Crippen molar-refractivity contribution in [1.29, 1.82) is 0 Å². The summed E-state index contributed by atoms with van der Waals surface area (Å²) in [4.78, 5) is 0. The quantitative estimate of drug-likeness (QED) is 0.140. The minimum absolute atomic E-state index is 0.311. The van der Waals surface area contributed by atoms with Gasteiger partial charge in [0.1, 0.15) is 11.6 Å². The van der Waals surface area contributed by atoms with Gasteiger partial charge in [-0.05, 0) is 77.2 Å². The topological polar surface area (TPSA) is 18.5 Å². The summed E-state index contributed by atoms with van der Waals surface area (Å²) in [5.74, 6) is -0.839. The molecule has 4 rings (SSSR count). The Balaban J connectivity index is 1.42. The molecule has 2 nitrogen and oxygen atoms in total. The summed E-state index contributed by atoms with van der Waals surface area (Å²) in [6, 6.07) is 21.0. The van der Waals surface area contributed by atoms with Crippen LogP contribution >= 0.6 is 0 Å². The van der Waals surface area contributed by atoms with Crippen molar-refractivity contribution < 1.29 is 27.0 Å². The Labute approximate surface area is 214 Å². The first-order valence-electron chi connectivity index (χ1n) is 12.6. The Kier molecular flexibility index (Phi) is 9.04. The molecule has 0 aliphatic rings. The lowest BCUT2D eigenvalue weighted by Gasteiger charge is -2.11. The summed E-state index contributed by atoms with van der Waals surface area (Å²) in [6.45, 7) is -0.194. The molecule has 0 bridgehead atoms. The van der Waals surface area contributed by atoms with Gasteiger partial charge >= 0.3 is 6.61 Å². The van der Waals surface area contributed by atoms with E-state index in [-0.39, 0.29) is 5.82 Å². The number of ether oxygens (including phenoxy) is 2. The summed E-state index contributed by atoms with van der Waals surface area (Å²) >= 11 is 0. The van der Waals surface area contributed by atoms with Crippen molar-refractivity contribution >= 4 is 10.8 Å². The van der Waals surface area contributed by atoms with Gasteiger partial charge < -0.3 is 9.47 Å². The van der Waals surface area contributed by atoms with E-state index in [1.165, 1.54) is 31.4 Å². The molecule has 0 heterocycles. The van der Waals surface area contributed by atoms with Crippen molar-refractivity contribution in [1.82, 2.24) is 0 Å². The van der Waals surface area contributed by atoms with E-state index in [4.69, 9.17) is 4.74 Å². The lowest BCUT2D eigenvalue weighted by molar-refractivity contribution is -0.0522. The van der Waals surface area contributed by atoms with Crippen LogP contribution in [0.5, 0.6) is 11.5 Å². The fraction of sp³-hybridized carbons (Fsp3) is 0.290. The molecular formula is C31H30F4O2. The second-order valence-electron chi connectivity index (χ2n) is 9.05. The van der Waals surface area contributed by atoms with Gasteiger partial charge in [0.25, 0.3) is 0 Å². The Morgan fingerprint density at radius 1 is 0.757 bits per heavy atom. The summed E-state index contributed by atoms with van der Waals surface area (Å²) in [6.07, 6.45) is 5.35. The third-order valence-electron chi connectivity index (χ3n) is 6.38. The van der Waals surface area contributed by atoms with Crippen LogP contribution in [0.15, 0.2) is 72.8 Å². The van der Waals surface area contributed by atoms with Crippen LogP contribution in [0.2, 0.25) is 0 Å². The molecule has 4 aromatic carbocycles. The molecule has 0 saturated carbocycles. The van der Waals surface area contributed by atoms with E-state index >= 15 is 4.39 Å². The number of unbranched alkanes of at least 4 members (excludes halogenated alkanes) is 3. The van der Waals surface area contributed by atoms with Crippen LogP contribution in [0.4, 0.5) is 17.6 Å². The molecule has 0 saturated heterocycles. The molecule has 0 radical (unpaired) electrons. The first-order valence-corrected chi connectivity index (χ1v) is 12.6. The second kappa shape index (κ2) is 12.6. The number of benzene rings is 4. The van der Waals surface area contributed by atoms with Gasteiger partial charge in [-0.15, -0.1) is 0 Å². The maximum atomic E-state index is 15.2. The molecule has 0 fully saturated rings. The standard InChI is InChI=1S/C31H30F4O2/c1-2-3-4-5-18-36-26-14-11-22(12-15-26)24-13-16-27-25(20-24)10-9-23(30(27)33)8-6-21-7-17-29(28(32)19-21)37-31(34)35/h7,9-17,19-20,31H,2-6,8,18H2,1H3. The van der Waals surface area contributed by atoms with Crippen molar-refractivity contribution in [2.45, 2.75) is 52.1 Å². The highest BCUT2D eigenvalue weighted by Crippen LogP contribution is 2.29. The minimum Gasteiger partial charge on any atom is -0.494 e. The molecular weight excluding hydrogens is 480 g/mol. The zero-order valence-corrected chi connectivity index (χ0v) is 20.8. The van der Waals surface area contributed by atoms with Crippen molar-refractivity contribution in [3.05, 3.63) is 95.6 Å². The average Bonchev–Trinajstić information content (AvgIpc) is 2.89. The predicted octanol–water partition coefficient (Wildman–Crippen LogP) is 9.13. The summed E-state index contributed by atoms with van der Waals surface area (Å²) in [5.41, 5.74) is 3.08. The summed E-state index contributed by atoms with van der Waals surface area (Å²) in [7, 11) is 0. The van der Waals surface area contributed by atoms with Crippen LogP contribution in [0.25, 0.3) is 21.9 Å². The van der Waals surface area contributed by atoms with Gasteiger partial charge in [0.15, 0.2) is 11.6 Å². The smallest absolute Gasteiger partial charge is 0.387 e. The van der Waals surface area contributed by atoms with Crippen LogP contribution in [-0.4, -0.2) is 13.2 Å². The van der Waals surface area contributed by atoms with E-state index in [0.29, 0.717) is 36.0 Å². The lowest BCUT2D eigenvalue weighted by Crippen LogP contribution is -2.04. The third-order valence-corrected chi connectivity index (χ3v) is 6.38. The van der Waals surface area contributed by atoms with E-state index in [1.54, 1.807) is 12.1 Å². The number of hydrogen-bond donors (Lipinski definition) is 0. The molecule has 0 spiro atoms. The van der Waals surface area contributed by atoms with E-state index in [0.717, 1.165) is 34.7 Å². The van der Waals surface area contributed by atoms with Gasteiger partial charge in [-0.25, -0.2) is 8.78 Å². The number of aryl methyl sites for hydroxylation is 2. The van der Waals surface area contributed by atoms with Gasteiger partial charge in [0.2, 0.25) is 0 Å². The first kappa shape index (κ1) is 26.5. The highest BCUT2D eigenvalue weighted by molar-refractivity contribution is 5.88. The fourth-order valence-corrected chi connectivity index (χ4v) is 4.34. The Morgan fingerprint density at radius 2 is 1.54 bits per heavy atom. The van der Waals surface area contributed by atoms with E-state index < -0.39 is 18.2 Å². The summed E-state index contributed by atoms with van der Waals surface area (Å²) < 4.78 is 63.8. The maximum absolute atomic E-state index is 15.2. The van der Waals surface area contributed by atoms with Crippen molar-refractivity contribution in [3.8, 4) is 22.6 Å². The normalized spacial score (nSPS) is 11.3. The van der Waals surface area contributed by atoms with Crippen LogP contribution in [0, 0.1) is 11.6 Å². The number of fused-ring (bicyclic) bond motifs is 1. The van der Waals surface area contributed by atoms with Gasteiger partial charge in [-0.3, -0.25) is 0 Å². The van der Waals surface area contributed by atoms with E-state index in [9.17, 15) is 13.2 Å². The van der Waals surface area contributed by atoms with Crippen LogP contribution in [0.1, 0.15) is 43.7 Å². The molecule has 37 heavy (non-hydrogen) atoms. The van der Waals surface area contributed by atoms with Gasteiger partial charge in [0.05, 0.1) is 6.61 Å².